The first-order valence-corrected chi connectivity index (χ1v) is 5.53. The van der Waals surface area contributed by atoms with Gasteiger partial charge in [-0.05, 0) is 20.3 Å². The van der Waals surface area contributed by atoms with E-state index >= 15 is 0 Å². The number of hydrogen-bond acceptors (Lipinski definition) is 2. The SMILES string of the molecule is COC1CN(C(=O)C(C)(C)C)C(C)(C)C1. The van der Waals surface area contributed by atoms with Crippen LogP contribution in [0.25, 0.3) is 0 Å². The fourth-order valence-corrected chi connectivity index (χ4v) is 2.10. The molecule has 0 aliphatic carbocycles. The first kappa shape index (κ1) is 12.5. The Kier molecular flexibility index (Phi) is 3.15. The molecule has 0 N–H and O–H groups in total. The highest BCUT2D eigenvalue weighted by atomic mass is 16.5. The maximum Gasteiger partial charge on any atom is 0.228 e. The van der Waals surface area contributed by atoms with Crippen molar-refractivity contribution in [3.05, 3.63) is 0 Å². The number of carbonyl (C=O) groups excluding carboxylic acids is 1. The fourth-order valence-electron chi connectivity index (χ4n) is 2.10. The van der Waals surface area contributed by atoms with Crippen molar-refractivity contribution in [1.29, 1.82) is 0 Å². The van der Waals surface area contributed by atoms with Gasteiger partial charge < -0.3 is 9.64 Å². The minimum Gasteiger partial charge on any atom is -0.380 e. The Hall–Kier alpha value is -0.570. The van der Waals surface area contributed by atoms with Gasteiger partial charge in [0.05, 0.1) is 6.10 Å². The number of methoxy groups -OCH3 is 1. The first-order chi connectivity index (χ1) is 6.68. The Morgan fingerprint density at radius 2 is 1.93 bits per heavy atom. The summed E-state index contributed by atoms with van der Waals surface area (Å²) in [5.41, 5.74) is -0.384. The summed E-state index contributed by atoms with van der Waals surface area (Å²) in [6, 6.07) is 0. The fraction of sp³-hybridized carbons (Fsp3) is 0.917. The monoisotopic (exact) mass is 213 g/mol. The van der Waals surface area contributed by atoms with E-state index < -0.39 is 0 Å². The molecule has 88 valence electrons. The van der Waals surface area contributed by atoms with Crippen molar-refractivity contribution in [3.63, 3.8) is 0 Å². The minimum atomic E-state index is -0.306. The lowest BCUT2D eigenvalue weighted by Crippen LogP contribution is -2.47. The highest BCUT2D eigenvalue weighted by Crippen LogP contribution is 2.33. The Labute approximate surface area is 92.8 Å². The predicted molar refractivity (Wildman–Crippen MR) is 60.7 cm³/mol. The van der Waals surface area contributed by atoms with Gasteiger partial charge in [-0.15, -0.1) is 0 Å². The molecule has 1 aliphatic rings. The van der Waals surface area contributed by atoms with Gasteiger partial charge in [0.15, 0.2) is 0 Å². The first-order valence-electron chi connectivity index (χ1n) is 5.53. The average Bonchev–Trinajstić information content (AvgIpc) is 2.38. The van der Waals surface area contributed by atoms with E-state index in [9.17, 15) is 4.79 Å². The van der Waals surface area contributed by atoms with E-state index in [-0.39, 0.29) is 23.0 Å². The van der Waals surface area contributed by atoms with Gasteiger partial charge in [-0.25, -0.2) is 0 Å². The third-order valence-electron chi connectivity index (χ3n) is 3.06. The molecule has 1 unspecified atom stereocenters. The number of rotatable bonds is 1. The molecule has 0 aromatic carbocycles. The van der Waals surface area contributed by atoms with Gasteiger partial charge >= 0.3 is 0 Å². The highest BCUT2D eigenvalue weighted by molar-refractivity contribution is 5.82. The molecule has 1 heterocycles. The second-order valence-corrected chi connectivity index (χ2v) is 6.04. The van der Waals surface area contributed by atoms with Crippen LogP contribution in [0.4, 0.5) is 0 Å². The standard InChI is InChI=1S/C12H23NO2/c1-11(2,3)10(14)13-8-9(15-6)7-12(13,4)5/h9H,7-8H2,1-6H3. The zero-order chi connectivity index (χ0) is 11.9. The van der Waals surface area contributed by atoms with Crippen molar-refractivity contribution < 1.29 is 9.53 Å². The number of likely N-dealkylation sites (tertiary alicyclic amines) is 1. The van der Waals surface area contributed by atoms with Crippen LogP contribution in [0.1, 0.15) is 41.0 Å². The van der Waals surface area contributed by atoms with E-state index in [0.717, 1.165) is 13.0 Å². The molecular weight excluding hydrogens is 190 g/mol. The van der Waals surface area contributed by atoms with Crippen molar-refractivity contribution in [2.45, 2.75) is 52.7 Å². The Morgan fingerprint density at radius 3 is 2.27 bits per heavy atom. The normalized spacial score (nSPS) is 25.7. The van der Waals surface area contributed by atoms with Gasteiger partial charge in [-0.3, -0.25) is 4.79 Å². The quantitative estimate of drug-likeness (QED) is 0.667. The Morgan fingerprint density at radius 1 is 1.40 bits per heavy atom. The number of ether oxygens (including phenoxy) is 1. The van der Waals surface area contributed by atoms with Crippen LogP contribution < -0.4 is 0 Å². The summed E-state index contributed by atoms with van der Waals surface area (Å²) in [5, 5.41) is 0. The molecular formula is C12H23NO2. The molecule has 0 aromatic heterocycles. The van der Waals surface area contributed by atoms with Gasteiger partial charge in [-0.1, -0.05) is 20.8 Å². The van der Waals surface area contributed by atoms with Crippen LogP contribution in [0, 0.1) is 5.41 Å². The largest absolute Gasteiger partial charge is 0.380 e. The summed E-state index contributed by atoms with van der Waals surface area (Å²) in [6.07, 6.45) is 1.11. The minimum absolute atomic E-state index is 0.0783. The van der Waals surface area contributed by atoms with Crippen molar-refractivity contribution in [2.24, 2.45) is 5.41 Å². The maximum absolute atomic E-state index is 12.2. The highest BCUT2D eigenvalue weighted by Gasteiger charge is 2.44. The molecule has 0 bridgehead atoms. The second kappa shape index (κ2) is 3.78. The zero-order valence-electron chi connectivity index (χ0n) is 10.8. The molecule has 1 atom stereocenters. The van der Waals surface area contributed by atoms with Gasteiger partial charge in [-0.2, -0.15) is 0 Å². The van der Waals surface area contributed by atoms with Crippen molar-refractivity contribution in [1.82, 2.24) is 4.90 Å². The van der Waals surface area contributed by atoms with Crippen LogP contribution in [-0.2, 0) is 9.53 Å². The molecule has 3 heteroatoms. The van der Waals surface area contributed by atoms with Gasteiger partial charge in [0.1, 0.15) is 0 Å². The topological polar surface area (TPSA) is 29.5 Å². The van der Waals surface area contributed by atoms with E-state index in [4.69, 9.17) is 4.74 Å². The lowest BCUT2D eigenvalue weighted by Gasteiger charge is -2.35. The average molecular weight is 213 g/mol. The lowest BCUT2D eigenvalue weighted by atomic mass is 9.92. The van der Waals surface area contributed by atoms with Crippen LogP contribution in [0.3, 0.4) is 0 Å². The molecule has 0 saturated carbocycles. The zero-order valence-corrected chi connectivity index (χ0v) is 10.8. The molecule has 1 aliphatic heterocycles. The van der Waals surface area contributed by atoms with E-state index in [1.165, 1.54) is 0 Å². The molecule has 1 rings (SSSR count). The number of hydrogen-bond donors (Lipinski definition) is 0. The van der Waals surface area contributed by atoms with E-state index in [1.807, 2.05) is 25.7 Å². The van der Waals surface area contributed by atoms with Crippen LogP contribution in [0.2, 0.25) is 0 Å². The summed E-state index contributed by atoms with van der Waals surface area (Å²) in [6.45, 7) is 10.8. The lowest BCUT2D eigenvalue weighted by molar-refractivity contribution is -0.143. The maximum atomic E-state index is 12.2. The van der Waals surface area contributed by atoms with Crippen molar-refractivity contribution >= 4 is 5.91 Å². The molecule has 1 fully saturated rings. The smallest absolute Gasteiger partial charge is 0.228 e. The summed E-state index contributed by atoms with van der Waals surface area (Å²) in [4.78, 5) is 14.2. The van der Waals surface area contributed by atoms with Gasteiger partial charge in [0, 0.05) is 24.6 Å². The van der Waals surface area contributed by atoms with Crippen LogP contribution in [0.15, 0.2) is 0 Å². The molecule has 0 spiro atoms. The molecule has 15 heavy (non-hydrogen) atoms. The van der Waals surface area contributed by atoms with E-state index in [2.05, 4.69) is 13.8 Å². The summed E-state index contributed by atoms with van der Waals surface area (Å²) in [5.74, 6) is 0.215. The van der Waals surface area contributed by atoms with Crippen LogP contribution >= 0.6 is 0 Å². The van der Waals surface area contributed by atoms with Gasteiger partial charge in [0.2, 0.25) is 5.91 Å². The van der Waals surface area contributed by atoms with Crippen molar-refractivity contribution in [3.8, 4) is 0 Å². The Balaban J connectivity index is 2.83. The summed E-state index contributed by atoms with van der Waals surface area (Å²) >= 11 is 0. The van der Waals surface area contributed by atoms with Crippen LogP contribution in [0.5, 0.6) is 0 Å². The number of amides is 1. The number of carbonyl (C=O) groups is 1. The molecule has 3 nitrogen and oxygen atoms in total. The third kappa shape index (κ3) is 2.51. The predicted octanol–water partition coefficient (Wildman–Crippen LogP) is 2.06. The summed E-state index contributed by atoms with van der Waals surface area (Å²) < 4.78 is 5.35. The van der Waals surface area contributed by atoms with Crippen molar-refractivity contribution in [2.75, 3.05) is 13.7 Å². The number of nitrogens with zero attached hydrogens (tertiary/aromatic N) is 1. The van der Waals surface area contributed by atoms with E-state index in [0.29, 0.717) is 0 Å². The third-order valence-corrected chi connectivity index (χ3v) is 3.06. The second-order valence-electron chi connectivity index (χ2n) is 6.04. The Bertz CT molecular complexity index is 253. The van der Waals surface area contributed by atoms with Gasteiger partial charge in [0.25, 0.3) is 0 Å². The molecule has 0 aromatic rings. The molecule has 0 radical (unpaired) electrons. The summed E-state index contributed by atoms with van der Waals surface area (Å²) in [7, 11) is 1.71. The van der Waals surface area contributed by atoms with Crippen LogP contribution in [-0.4, -0.2) is 36.1 Å². The molecule has 1 saturated heterocycles. The molecule has 1 amide bonds. The van der Waals surface area contributed by atoms with E-state index in [1.54, 1.807) is 7.11 Å².